The SMILES string of the molecule is CC(C)[C@H](NC(=O)OCc1ccccc1)C(=O)OCCc1cc(C(=O)OCI)c[nH]c1=O. The number of aromatic nitrogens is 1. The summed E-state index contributed by atoms with van der Waals surface area (Å²) in [7, 11) is 0. The summed E-state index contributed by atoms with van der Waals surface area (Å²) >= 11 is 1.89. The van der Waals surface area contributed by atoms with Gasteiger partial charge >= 0.3 is 18.0 Å². The van der Waals surface area contributed by atoms with E-state index in [4.69, 9.17) is 14.2 Å². The summed E-state index contributed by atoms with van der Waals surface area (Å²) in [6, 6.07) is 9.65. The Morgan fingerprint density at radius 3 is 2.47 bits per heavy atom. The standard InChI is InChI=1S/C22H25IN2O7/c1-14(2)18(25-22(29)31-12-15-6-4-3-5-7-15)21(28)30-9-8-16-10-17(11-24-19(16)26)20(27)32-13-23/h3-7,10-11,14,18H,8-9,12-13H2,1-2H3,(H,24,26)(H,25,29)/t18-/m0/s1. The van der Waals surface area contributed by atoms with Gasteiger partial charge in [-0.05, 0) is 40.1 Å². The van der Waals surface area contributed by atoms with Crippen LogP contribution in [-0.2, 0) is 32.0 Å². The number of alkyl carbamates (subject to hydrolysis) is 1. The van der Waals surface area contributed by atoms with Crippen LogP contribution in [0.2, 0.25) is 0 Å². The first-order valence-electron chi connectivity index (χ1n) is 9.90. The molecular weight excluding hydrogens is 531 g/mol. The summed E-state index contributed by atoms with van der Waals surface area (Å²) in [4.78, 5) is 50.8. The zero-order valence-corrected chi connectivity index (χ0v) is 19.9. The molecule has 2 aromatic rings. The van der Waals surface area contributed by atoms with Gasteiger partial charge in [-0.15, -0.1) is 0 Å². The van der Waals surface area contributed by atoms with E-state index in [1.165, 1.54) is 12.3 Å². The first-order chi connectivity index (χ1) is 15.3. The maximum atomic E-state index is 12.5. The Kier molecular flexibility index (Phi) is 10.2. The molecule has 1 aromatic heterocycles. The number of aromatic amines is 1. The van der Waals surface area contributed by atoms with Gasteiger partial charge in [0.2, 0.25) is 0 Å². The number of carbonyl (C=O) groups excluding carboxylic acids is 3. The molecule has 1 aromatic carbocycles. The van der Waals surface area contributed by atoms with E-state index >= 15 is 0 Å². The molecule has 0 radical (unpaired) electrons. The average Bonchev–Trinajstić information content (AvgIpc) is 2.77. The highest BCUT2D eigenvalue weighted by atomic mass is 127. The van der Waals surface area contributed by atoms with Gasteiger partial charge in [0.25, 0.3) is 5.56 Å². The number of ether oxygens (including phenoxy) is 3. The van der Waals surface area contributed by atoms with Crippen molar-refractivity contribution in [2.24, 2.45) is 5.92 Å². The predicted octanol–water partition coefficient (Wildman–Crippen LogP) is 2.96. The Hall–Kier alpha value is -2.89. The van der Waals surface area contributed by atoms with Gasteiger partial charge in [0, 0.05) is 18.2 Å². The highest BCUT2D eigenvalue weighted by Gasteiger charge is 2.26. The molecule has 1 heterocycles. The lowest BCUT2D eigenvalue weighted by molar-refractivity contribution is -0.147. The van der Waals surface area contributed by atoms with Crippen LogP contribution in [0, 0.1) is 5.92 Å². The van der Waals surface area contributed by atoms with Gasteiger partial charge in [0.1, 0.15) is 17.3 Å². The van der Waals surface area contributed by atoms with Crippen molar-refractivity contribution in [3.05, 3.63) is 69.6 Å². The Morgan fingerprint density at radius 1 is 1.09 bits per heavy atom. The predicted molar refractivity (Wildman–Crippen MR) is 124 cm³/mol. The number of hydrogen-bond donors (Lipinski definition) is 2. The number of pyridine rings is 1. The largest absolute Gasteiger partial charge is 0.464 e. The second kappa shape index (κ2) is 12.8. The quantitative estimate of drug-likeness (QED) is 0.200. The van der Waals surface area contributed by atoms with E-state index in [-0.39, 0.29) is 41.3 Å². The molecule has 1 amide bonds. The van der Waals surface area contributed by atoms with Crippen LogP contribution < -0.4 is 10.9 Å². The van der Waals surface area contributed by atoms with E-state index in [0.717, 1.165) is 5.56 Å². The number of H-pyrrole nitrogens is 1. The van der Waals surface area contributed by atoms with Gasteiger partial charge in [0.05, 0.1) is 12.2 Å². The number of esters is 2. The monoisotopic (exact) mass is 556 g/mol. The highest BCUT2D eigenvalue weighted by Crippen LogP contribution is 2.08. The molecule has 0 spiro atoms. The van der Waals surface area contributed by atoms with E-state index in [2.05, 4.69) is 10.3 Å². The van der Waals surface area contributed by atoms with Gasteiger partial charge in [-0.1, -0.05) is 44.2 Å². The van der Waals surface area contributed by atoms with Crippen LogP contribution in [0.4, 0.5) is 4.79 Å². The topological polar surface area (TPSA) is 124 Å². The van der Waals surface area contributed by atoms with Crippen molar-refractivity contribution >= 4 is 40.6 Å². The highest BCUT2D eigenvalue weighted by molar-refractivity contribution is 14.1. The number of hydrogen-bond acceptors (Lipinski definition) is 7. The molecule has 0 aliphatic carbocycles. The number of alkyl halides is 1. The molecule has 172 valence electrons. The first-order valence-corrected chi connectivity index (χ1v) is 11.4. The third kappa shape index (κ3) is 7.98. The molecule has 0 unspecified atom stereocenters. The van der Waals surface area contributed by atoms with Crippen LogP contribution in [0.5, 0.6) is 0 Å². The summed E-state index contributed by atoms with van der Waals surface area (Å²) < 4.78 is 15.5. The van der Waals surface area contributed by atoms with E-state index in [1.807, 2.05) is 52.9 Å². The molecular formula is C22H25IN2O7. The van der Waals surface area contributed by atoms with Gasteiger partial charge in [-0.3, -0.25) is 4.79 Å². The Labute approximate surface area is 199 Å². The molecule has 32 heavy (non-hydrogen) atoms. The molecule has 0 aliphatic heterocycles. The van der Waals surface area contributed by atoms with E-state index < -0.39 is 29.6 Å². The molecule has 2 rings (SSSR count). The number of carbonyl (C=O) groups is 3. The van der Waals surface area contributed by atoms with Crippen molar-refractivity contribution in [2.45, 2.75) is 32.9 Å². The second-order valence-electron chi connectivity index (χ2n) is 7.13. The maximum Gasteiger partial charge on any atom is 0.408 e. The van der Waals surface area contributed by atoms with Crippen LogP contribution >= 0.6 is 22.6 Å². The van der Waals surface area contributed by atoms with Crippen LogP contribution in [0.3, 0.4) is 0 Å². The maximum absolute atomic E-state index is 12.5. The third-order valence-corrected chi connectivity index (χ3v) is 4.74. The van der Waals surface area contributed by atoms with Gasteiger partial charge < -0.3 is 24.5 Å². The first kappa shape index (κ1) is 25.4. The number of amides is 1. The number of rotatable bonds is 10. The average molecular weight is 556 g/mol. The number of nitrogens with one attached hydrogen (secondary N) is 2. The second-order valence-corrected chi connectivity index (χ2v) is 7.75. The Balaban J connectivity index is 1.89. The zero-order chi connectivity index (χ0) is 23.5. The van der Waals surface area contributed by atoms with Crippen molar-refractivity contribution < 1.29 is 28.6 Å². The Bertz CT molecular complexity index is 976. The lowest BCUT2D eigenvalue weighted by Crippen LogP contribution is -2.45. The van der Waals surface area contributed by atoms with E-state index in [1.54, 1.807) is 13.8 Å². The minimum absolute atomic E-state index is 0.0750. The lowest BCUT2D eigenvalue weighted by Gasteiger charge is -2.20. The van der Waals surface area contributed by atoms with E-state index in [0.29, 0.717) is 0 Å². The number of halogens is 1. The van der Waals surface area contributed by atoms with E-state index in [9.17, 15) is 19.2 Å². The molecule has 0 saturated carbocycles. The summed E-state index contributed by atoms with van der Waals surface area (Å²) in [5.74, 6) is -1.46. The van der Waals surface area contributed by atoms with Gasteiger partial charge in [-0.25, -0.2) is 14.4 Å². The molecule has 0 saturated heterocycles. The van der Waals surface area contributed by atoms with Crippen molar-refractivity contribution in [3.8, 4) is 0 Å². The smallest absolute Gasteiger partial charge is 0.408 e. The van der Waals surface area contributed by atoms with Crippen LogP contribution in [0.15, 0.2) is 47.4 Å². The van der Waals surface area contributed by atoms with Crippen molar-refractivity contribution in [3.63, 3.8) is 0 Å². The fourth-order valence-corrected chi connectivity index (χ4v) is 2.99. The summed E-state index contributed by atoms with van der Waals surface area (Å²) in [6.07, 6.45) is 0.629. The van der Waals surface area contributed by atoms with Gasteiger partial charge in [0.15, 0.2) is 0 Å². The van der Waals surface area contributed by atoms with Gasteiger partial charge in [-0.2, -0.15) is 0 Å². The normalized spacial score (nSPS) is 11.5. The zero-order valence-electron chi connectivity index (χ0n) is 17.8. The minimum Gasteiger partial charge on any atom is -0.464 e. The van der Waals surface area contributed by atoms with Crippen LogP contribution in [0.25, 0.3) is 0 Å². The fraction of sp³-hybridized carbons (Fsp3) is 0.364. The molecule has 9 nitrogen and oxygen atoms in total. The molecule has 10 heteroatoms. The minimum atomic E-state index is -0.915. The fourth-order valence-electron chi connectivity index (χ4n) is 2.71. The van der Waals surface area contributed by atoms with Crippen molar-refractivity contribution in [2.75, 3.05) is 11.2 Å². The molecule has 2 N–H and O–H groups in total. The lowest BCUT2D eigenvalue weighted by atomic mass is 10.1. The van der Waals surface area contributed by atoms with Crippen LogP contribution in [-0.4, -0.2) is 40.3 Å². The molecule has 0 bridgehead atoms. The summed E-state index contributed by atoms with van der Waals surface area (Å²) in [5.41, 5.74) is 0.902. The summed E-state index contributed by atoms with van der Waals surface area (Å²) in [6.45, 7) is 3.49. The molecule has 0 aliphatic rings. The van der Waals surface area contributed by atoms with Crippen molar-refractivity contribution in [1.29, 1.82) is 0 Å². The Morgan fingerprint density at radius 2 is 1.81 bits per heavy atom. The van der Waals surface area contributed by atoms with Crippen LogP contribution in [0.1, 0.15) is 35.3 Å². The summed E-state index contributed by atoms with van der Waals surface area (Å²) in [5, 5.41) is 2.52. The molecule has 1 atom stereocenters. The third-order valence-electron chi connectivity index (χ3n) is 4.42. The number of benzene rings is 1. The molecule has 0 fully saturated rings. The van der Waals surface area contributed by atoms with Crippen molar-refractivity contribution in [1.82, 2.24) is 10.3 Å².